The molecule has 0 aromatic carbocycles. The van der Waals surface area contributed by atoms with Gasteiger partial charge in [0.15, 0.2) is 0 Å². The Morgan fingerprint density at radius 2 is 2.18 bits per heavy atom. The van der Waals surface area contributed by atoms with Crippen molar-refractivity contribution in [2.75, 3.05) is 0 Å². The van der Waals surface area contributed by atoms with Crippen molar-refractivity contribution in [3.8, 4) is 0 Å². The molecule has 96 valence electrons. The normalized spacial score (nSPS) is 15.4. The van der Waals surface area contributed by atoms with Crippen LogP contribution < -0.4 is 5.32 Å². The summed E-state index contributed by atoms with van der Waals surface area (Å²) in [6.45, 7) is 2.31. The van der Waals surface area contributed by atoms with E-state index in [0.29, 0.717) is 4.68 Å². The highest BCUT2D eigenvalue weighted by Gasteiger charge is 2.42. The zero-order valence-corrected chi connectivity index (χ0v) is 9.06. The van der Waals surface area contributed by atoms with Crippen LogP contribution in [0.2, 0.25) is 0 Å². The van der Waals surface area contributed by atoms with Crippen LogP contribution in [0.25, 0.3) is 0 Å². The van der Waals surface area contributed by atoms with Crippen molar-refractivity contribution in [3.63, 3.8) is 0 Å². The first kappa shape index (κ1) is 13.4. The molecule has 0 bridgehead atoms. The second-order valence-corrected chi connectivity index (χ2v) is 3.44. The minimum absolute atomic E-state index is 0.00963. The first-order valence-corrected chi connectivity index (χ1v) is 4.65. The Morgan fingerprint density at radius 1 is 1.59 bits per heavy atom. The number of nitrogens with zero attached hydrogens (tertiary/aromatic N) is 3. The van der Waals surface area contributed by atoms with Crippen molar-refractivity contribution in [3.05, 3.63) is 11.9 Å². The van der Waals surface area contributed by atoms with Gasteiger partial charge < -0.3 is 10.4 Å². The zero-order chi connectivity index (χ0) is 13.2. The van der Waals surface area contributed by atoms with E-state index in [4.69, 9.17) is 5.11 Å². The van der Waals surface area contributed by atoms with Crippen LogP contribution in [0.5, 0.6) is 0 Å². The number of nitrogens with one attached hydrogen (secondary N) is 1. The summed E-state index contributed by atoms with van der Waals surface area (Å²) in [5.74, 6) is -0.846. The van der Waals surface area contributed by atoms with Gasteiger partial charge in [0.25, 0.3) is 0 Å². The number of hydrogen-bond donors (Lipinski definition) is 2. The summed E-state index contributed by atoms with van der Waals surface area (Å²) in [5.41, 5.74) is -0.00963. The molecule has 2 N–H and O–H groups in total. The predicted octanol–water partition coefficient (Wildman–Crippen LogP) is 0.528. The van der Waals surface area contributed by atoms with Gasteiger partial charge in [-0.1, -0.05) is 5.21 Å². The summed E-state index contributed by atoms with van der Waals surface area (Å²) in [7, 11) is 0. The van der Waals surface area contributed by atoms with E-state index in [0.717, 1.165) is 13.1 Å². The molecule has 6 nitrogen and oxygen atoms in total. The number of carbonyl (C=O) groups is 1. The lowest BCUT2D eigenvalue weighted by molar-refractivity contribution is -0.181. The average Bonchev–Trinajstić information content (AvgIpc) is 2.60. The molecular formula is C8H11F3N4O2. The van der Waals surface area contributed by atoms with E-state index in [1.54, 1.807) is 5.32 Å². The Balaban J connectivity index is 3.00. The summed E-state index contributed by atoms with van der Waals surface area (Å²) in [5, 5.41) is 17.4. The second kappa shape index (κ2) is 4.70. The van der Waals surface area contributed by atoms with E-state index in [1.807, 2.05) is 0 Å². The first-order chi connectivity index (χ1) is 7.71. The van der Waals surface area contributed by atoms with Crippen LogP contribution in [0.3, 0.4) is 0 Å². The lowest BCUT2D eigenvalue weighted by Crippen LogP contribution is -2.41. The molecule has 0 aliphatic rings. The molecule has 2 unspecified atom stereocenters. The molecular weight excluding hydrogens is 241 g/mol. The van der Waals surface area contributed by atoms with Crippen LogP contribution in [0, 0.1) is 0 Å². The fourth-order valence-electron chi connectivity index (χ4n) is 1.10. The molecule has 1 amide bonds. The molecule has 0 spiro atoms. The highest BCUT2D eigenvalue weighted by molar-refractivity contribution is 5.73. The highest BCUT2D eigenvalue weighted by atomic mass is 19.4. The van der Waals surface area contributed by atoms with Gasteiger partial charge in [0, 0.05) is 6.92 Å². The van der Waals surface area contributed by atoms with E-state index >= 15 is 0 Å². The van der Waals surface area contributed by atoms with Gasteiger partial charge >= 0.3 is 6.18 Å². The van der Waals surface area contributed by atoms with E-state index < -0.39 is 24.4 Å². The largest absolute Gasteiger partial charge is 0.429 e. The Hall–Kier alpha value is -1.64. The monoisotopic (exact) mass is 252 g/mol. The molecule has 1 aromatic heterocycles. The number of amides is 1. The molecule has 1 heterocycles. The predicted molar refractivity (Wildman–Crippen MR) is 49.6 cm³/mol. The lowest BCUT2D eigenvalue weighted by Gasteiger charge is -2.20. The molecule has 1 rings (SSSR count). The maximum atomic E-state index is 12.6. The number of rotatable bonds is 3. The molecule has 0 fully saturated rings. The van der Waals surface area contributed by atoms with Crippen molar-refractivity contribution in [2.45, 2.75) is 32.3 Å². The van der Waals surface area contributed by atoms with E-state index in [2.05, 4.69) is 10.3 Å². The van der Waals surface area contributed by atoms with Crippen LogP contribution in [0.1, 0.15) is 31.8 Å². The van der Waals surface area contributed by atoms with Crippen LogP contribution in [0.15, 0.2) is 6.20 Å². The van der Waals surface area contributed by atoms with Crippen molar-refractivity contribution >= 4 is 5.91 Å². The summed E-state index contributed by atoms with van der Waals surface area (Å²) >= 11 is 0. The summed E-state index contributed by atoms with van der Waals surface area (Å²) in [4.78, 5) is 10.7. The highest BCUT2D eigenvalue weighted by Crippen LogP contribution is 2.28. The quantitative estimate of drug-likeness (QED) is 0.822. The van der Waals surface area contributed by atoms with Crippen LogP contribution in [0.4, 0.5) is 13.2 Å². The fourth-order valence-corrected chi connectivity index (χ4v) is 1.10. The van der Waals surface area contributed by atoms with Crippen LogP contribution in [-0.4, -0.2) is 32.2 Å². The third-order valence-electron chi connectivity index (χ3n) is 1.87. The number of halogens is 3. The maximum Gasteiger partial charge on any atom is 0.429 e. The zero-order valence-electron chi connectivity index (χ0n) is 9.06. The van der Waals surface area contributed by atoms with Gasteiger partial charge in [-0.05, 0) is 6.92 Å². The molecule has 0 aliphatic heterocycles. The Kier molecular flexibility index (Phi) is 3.71. The van der Waals surface area contributed by atoms with Gasteiger partial charge in [0.1, 0.15) is 5.69 Å². The van der Waals surface area contributed by atoms with Gasteiger partial charge in [-0.25, -0.2) is 4.68 Å². The van der Waals surface area contributed by atoms with Crippen LogP contribution >= 0.6 is 0 Å². The fraction of sp³-hybridized carbons (Fsp3) is 0.625. The van der Waals surface area contributed by atoms with Crippen LogP contribution in [-0.2, 0) is 4.79 Å². The number of alkyl halides is 3. The number of aliphatic hydroxyl groups is 1. The maximum absolute atomic E-state index is 12.6. The summed E-state index contributed by atoms with van der Waals surface area (Å²) < 4.78 is 38.3. The first-order valence-electron chi connectivity index (χ1n) is 4.65. The topological polar surface area (TPSA) is 80.0 Å². The molecule has 0 saturated heterocycles. The number of hydrogen-bond acceptors (Lipinski definition) is 4. The number of carbonyl (C=O) groups excluding carboxylic acids is 1. The third-order valence-corrected chi connectivity index (χ3v) is 1.87. The van der Waals surface area contributed by atoms with Gasteiger partial charge in [0.05, 0.1) is 12.3 Å². The summed E-state index contributed by atoms with van der Waals surface area (Å²) in [6, 6.07) is 0. The molecule has 1 aromatic rings. The Labute approximate surface area is 94.4 Å². The standard InChI is InChI=1S/C8H11F3N4O2/c1-4(16)6-3-15(14-13-6)7(8(9,10)11)12-5(2)17/h3-4,7,16H,1-2H3,(H,12,17). The third kappa shape index (κ3) is 3.41. The molecule has 0 aliphatic carbocycles. The minimum atomic E-state index is -4.70. The van der Waals surface area contributed by atoms with E-state index in [-0.39, 0.29) is 5.69 Å². The van der Waals surface area contributed by atoms with E-state index in [9.17, 15) is 18.0 Å². The smallest absolute Gasteiger partial charge is 0.387 e. The number of aliphatic hydroxyl groups excluding tert-OH is 1. The Morgan fingerprint density at radius 3 is 2.53 bits per heavy atom. The molecule has 0 radical (unpaired) electrons. The molecule has 2 atom stereocenters. The molecule has 17 heavy (non-hydrogen) atoms. The van der Waals surface area contributed by atoms with Crippen molar-refractivity contribution < 1.29 is 23.1 Å². The lowest BCUT2D eigenvalue weighted by atomic mass is 10.3. The minimum Gasteiger partial charge on any atom is -0.387 e. The van der Waals surface area contributed by atoms with Gasteiger partial charge in [-0.15, -0.1) is 5.10 Å². The number of aromatic nitrogens is 3. The second-order valence-electron chi connectivity index (χ2n) is 3.44. The van der Waals surface area contributed by atoms with Crippen molar-refractivity contribution in [1.82, 2.24) is 20.3 Å². The van der Waals surface area contributed by atoms with Gasteiger partial charge in [-0.2, -0.15) is 13.2 Å². The Bertz CT molecular complexity index is 402. The summed E-state index contributed by atoms with van der Waals surface area (Å²) in [6.07, 6.45) is -7.09. The average molecular weight is 252 g/mol. The van der Waals surface area contributed by atoms with E-state index in [1.165, 1.54) is 6.92 Å². The van der Waals surface area contributed by atoms with Crippen molar-refractivity contribution in [2.24, 2.45) is 0 Å². The van der Waals surface area contributed by atoms with Gasteiger partial charge in [-0.3, -0.25) is 4.79 Å². The van der Waals surface area contributed by atoms with Gasteiger partial charge in [0.2, 0.25) is 12.1 Å². The molecule has 0 saturated carbocycles. The SMILES string of the molecule is CC(=O)NC(n1cc(C(C)O)nn1)C(F)(F)F. The molecule has 9 heteroatoms. The van der Waals surface area contributed by atoms with Crippen molar-refractivity contribution in [1.29, 1.82) is 0 Å².